The molecule has 0 fully saturated rings. The first-order chi connectivity index (χ1) is 23.3. The Morgan fingerprint density at radius 3 is 1.69 bits per heavy atom. The van der Waals surface area contributed by atoms with E-state index in [-0.39, 0.29) is 25.2 Å². The highest BCUT2D eigenvalue weighted by molar-refractivity contribution is 5.92. The van der Waals surface area contributed by atoms with Crippen molar-refractivity contribution in [3.63, 3.8) is 0 Å². The number of nitrogens with one attached hydrogen (secondary N) is 3. The molecule has 0 aliphatic heterocycles. The van der Waals surface area contributed by atoms with Crippen molar-refractivity contribution in [1.82, 2.24) is 16.0 Å². The van der Waals surface area contributed by atoms with Crippen LogP contribution in [0.25, 0.3) is 0 Å². The molecule has 0 unspecified atom stereocenters. The minimum Gasteiger partial charge on any atom is -0.444 e. The summed E-state index contributed by atoms with van der Waals surface area (Å²) in [6.45, 7) is 9.03. The topological polar surface area (TPSA) is 160 Å². The number of alkyl carbamates (subject to hydrolysis) is 1. The van der Waals surface area contributed by atoms with Crippen LogP contribution in [0.4, 0.5) is 4.79 Å². The molecule has 10 nitrogen and oxygen atoms in total. The molecule has 0 radical (unpaired) electrons. The van der Waals surface area contributed by atoms with Crippen molar-refractivity contribution in [3.8, 4) is 0 Å². The van der Waals surface area contributed by atoms with E-state index >= 15 is 0 Å². The third-order valence-electron chi connectivity index (χ3n) is 8.42. The van der Waals surface area contributed by atoms with Gasteiger partial charge in [-0.2, -0.15) is 0 Å². The van der Waals surface area contributed by atoms with Gasteiger partial charge in [0.1, 0.15) is 17.7 Å². The van der Waals surface area contributed by atoms with Gasteiger partial charge in [0.25, 0.3) is 0 Å². The van der Waals surface area contributed by atoms with Crippen LogP contribution in [0.3, 0.4) is 0 Å². The number of primary amides is 1. The first-order valence-electron chi connectivity index (χ1n) is 16.9. The van der Waals surface area contributed by atoms with Crippen LogP contribution in [0.5, 0.6) is 0 Å². The van der Waals surface area contributed by atoms with Crippen LogP contribution in [-0.4, -0.2) is 58.8 Å². The number of nitrogens with two attached hydrogens (primary N) is 1. The molecular weight excluding hydrogens is 620 g/mol. The molecule has 0 spiro atoms. The molecule has 0 saturated heterocycles. The molecule has 0 aliphatic rings. The molecule has 3 aromatic carbocycles. The predicted octanol–water partition coefficient (Wildman–Crippen LogP) is 4.48. The number of aliphatic hydroxyl groups excluding tert-OH is 1. The second kappa shape index (κ2) is 18.7. The van der Waals surface area contributed by atoms with Crippen LogP contribution in [-0.2, 0) is 38.4 Å². The summed E-state index contributed by atoms with van der Waals surface area (Å²) in [7, 11) is 0. The zero-order valence-electron chi connectivity index (χ0n) is 29.2. The van der Waals surface area contributed by atoms with Crippen LogP contribution < -0.4 is 21.7 Å². The maximum atomic E-state index is 14.1. The fourth-order valence-corrected chi connectivity index (χ4v) is 5.55. The van der Waals surface area contributed by atoms with Crippen LogP contribution in [0.15, 0.2) is 91.0 Å². The van der Waals surface area contributed by atoms with Gasteiger partial charge in [0, 0.05) is 12.3 Å². The van der Waals surface area contributed by atoms with E-state index in [1.807, 2.05) is 105 Å². The second-order valence-corrected chi connectivity index (χ2v) is 13.7. The van der Waals surface area contributed by atoms with Gasteiger partial charge in [0.05, 0.1) is 12.1 Å². The number of amides is 4. The molecule has 6 atom stereocenters. The van der Waals surface area contributed by atoms with E-state index in [0.717, 1.165) is 16.7 Å². The minimum atomic E-state index is -1.15. The van der Waals surface area contributed by atoms with Crippen molar-refractivity contribution in [1.29, 1.82) is 0 Å². The summed E-state index contributed by atoms with van der Waals surface area (Å²) < 4.78 is 5.49. The van der Waals surface area contributed by atoms with Crippen LogP contribution in [0.1, 0.15) is 64.2 Å². The normalized spacial score (nSPS) is 15.1. The molecule has 0 aliphatic carbocycles. The summed E-state index contributed by atoms with van der Waals surface area (Å²) in [5.74, 6) is -2.69. The zero-order chi connectivity index (χ0) is 36.0. The SMILES string of the molecule is CC[C@H](C)[C@H](NC(=O)[C@@H](Cc1ccccc1)C[C@@H](O)[C@H](Cc1ccccc1)NC(=O)OC(C)(C)C)C(=O)N[C@@H](Cc1ccccc1)C(N)=O. The molecule has 264 valence electrons. The van der Waals surface area contributed by atoms with Crippen molar-refractivity contribution in [2.24, 2.45) is 17.6 Å². The molecule has 0 saturated carbocycles. The number of hydrogen-bond acceptors (Lipinski definition) is 6. The van der Waals surface area contributed by atoms with Crippen molar-refractivity contribution < 1.29 is 29.0 Å². The van der Waals surface area contributed by atoms with E-state index in [9.17, 15) is 24.3 Å². The molecule has 0 heterocycles. The number of hydrogen-bond donors (Lipinski definition) is 5. The molecule has 4 amide bonds. The van der Waals surface area contributed by atoms with Crippen molar-refractivity contribution in [2.75, 3.05) is 0 Å². The first-order valence-corrected chi connectivity index (χ1v) is 16.9. The molecular formula is C39H52N4O6. The number of rotatable bonds is 17. The Morgan fingerprint density at radius 2 is 1.22 bits per heavy atom. The van der Waals surface area contributed by atoms with Crippen LogP contribution in [0, 0.1) is 11.8 Å². The summed E-state index contributed by atoms with van der Waals surface area (Å²) in [4.78, 5) is 53.0. The minimum absolute atomic E-state index is 0.0131. The highest BCUT2D eigenvalue weighted by Gasteiger charge is 2.34. The molecule has 49 heavy (non-hydrogen) atoms. The Balaban J connectivity index is 1.86. The van der Waals surface area contributed by atoms with E-state index in [4.69, 9.17) is 10.5 Å². The van der Waals surface area contributed by atoms with E-state index in [0.29, 0.717) is 12.8 Å². The number of aliphatic hydroxyl groups is 1. The lowest BCUT2D eigenvalue weighted by Crippen LogP contribution is -2.56. The average Bonchev–Trinajstić information content (AvgIpc) is 3.06. The monoisotopic (exact) mass is 672 g/mol. The number of ether oxygens (including phenoxy) is 1. The van der Waals surface area contributed by atoms with Crippen LogP contribution in [0.2, 0.25) is 0 Å². The smallest absolute Gasteiger partial charge is 0.407 e. The lowest BCUT2D eigenvalue weighted by molar-refractivity contribution is -0.134. The standard InChI is InChI=1S/C39H52N4O6/c1-6-26(2)34(37(47)41-32(35(40)45)24-29-20-14-9-15-21-29)43-36(46)30(22-27-16-10-7-11-17-27)25-33(44)31(23-28-18-12-8-13-19-28)42-38(48)49-39(3,4)5/h7-21,26,30-34,44H,6,22-25H2,1-5H3,(H2,40,45)(H,41,47)(H,42,48)(H,43,46)/t26-,30-,31-,32-,33+,34-/m0/s1. The number of benzene rings is 3. The Labute approximate surface area is 290 Å². The van der Waals surface area contributed by atoms with Gasteiger partial charge in [-0.1, -0.05) is 111 Å². The highest BCUT2D eigenvalue weighted by atomic mass is 16.6. The zero-order valence-corrected chi connectivity index (χ0v) is 29.2. The highest BCUT2D eigenvalue weighted by Crippen LogP contribution is 2.21. The van der Waals surface area contributed by atoms with Gasteiger partial charge in [0.2, 0.25) is 17.7 Å². The van der Waals surface area contributed by atoms with Gasteiger partial charge in [-0.3, -0.25) is 14.4 Å². The van der Waals surface area contributed by atoms with E-state index in [2.05, 4.69) is 16.0 Å². The van der Waals surface area contributed by atoms with Gasteiger partial charge in [0.15, 0.2) is 0 Å². The summed E-state index contributed by atoms with van der Waals surface area (Å²) >= 11 is 0. The van der Waals surface area contributed by atoms with Gasteiger partial charge < -0.3 is 31.5 Å². The lowest BCUT2D eigenvalue weighted by Gasteiger charge is -2.31. The van der Waals surface area contributed by atoms with Crippen LogP contribution >= 0.6 is 0 Å². The Kier molecular flexibility index (Phi) is 14.8. The van der Waals surface area contributed by atoms with Gasteiger partial charge in [-0.05, 0) is 62.6 Å². The average molecular weight is 673 g/mol. The largest absolute Gasteiger partial charge is 0.444 e. The van der Waals surface area contributed by atoms with Gasteiger partial charge in [-0.15, -0.1) is 0 Å². The fourth-order valence-electron chi connectivity index (χ4n) is 5.55. The predicted molar refractivity (Wildman–Crippen MR) is 190 cm³/mol. The Morgan fingerprint density at radius 1 is 0.735 bits per heavy atom. The molecule has 3 rings (SSSR count). The summed E-state index contributed by atoms with van der Waals surface area (Å²) in [5.41, 5.74) is 7.52. The van der Waals surface area contributed by atoms with E-state index < -0.39 is 59.6 Å². The molecule has 10 heteroatoms. The third kappa shape index (κ3) is 13.4. The lowest BCUT2D eigenvalue weighted by atomic mass is 9.88. The van der Waals surface area contributed by atoms with E-state index in [1.54, 1.807) is 20.8 Å². The number of carbonyl (C=O) groups excluding carboxylic acids is 4. The maximum absolute atomic E-state index is 14.1. The summed E-state index contributed by atoms with van der Waals surface area (Å²) in [6, 6.07) is 25.4. The quantitative estimate of drug-likeness (QED) is 0.142. The maximum Gasteiger partial charge on any atom is 0.407 e. The van der Waals surface area contributed by atoms with Crippen molar-refractivity contribution in [2.45, 2.75) is 96.6 Å². The Hall–Kier alpha value is -4.70. The first kappa shape index (κ1) is 38.7. The third-order valence-corrected chi connectivity index (χ3v) is 8.42. The Bertz CT molecular complexity index is 1480. The summed E-state index contributed by atoms with van der Waals surface area (Å²) in [5, 5.41) is 20.2. The summed E-state index contributed by atoms with van der Waals surface area (Å²) in [6.07, 6.45) is -0.475. The van der Waals surface area contributed by atoms with Gasteiger partial charge >= 0.3 is 6.09 Å². The second-order valence-electron chi connectivity index (χ2n) is 13.7. The van der Waals surface area contributed by atoms with Gasteiger partial charge in [-0.25, -0.2) is 4.79 Å². The molecule has 6 N–H and O–H groups in total. The van der Waals surface area contributed by atoms with Crippen molar-refractivity contribution >= 4 is 23.8 Å². The fraction of sp³-hybridized carbons (Fsp3) is 0.436. The number of carbonyl (C=O) groups is 4. The van der Waals surface area contributed by atoms with E-state index in [1.165, 1.54) is 0 Å². The molecule has 0 aromatic heterocycles. The molecule has 0 bridgehead atoms. The molecule has 3 aromatic rings. The van der Waals surface area contributed by atoms with Crippen molar-refractivity contribution in [3.05, 3.63) is 108 Å².